The van der Waals surface area contributed by atoms with Crippen LogP contribution < -0.4 is 19.6 Å². The third kappa shape index (κ3) is 3.47. The maximum absolute atomic E-state index is 13.4. The minimum absolute atomic E-state index is 0.0403. The van der Waals surface area contributed by atoms with Gasteiger partial charge in [-0.3, -0.25) is 9.59 Å². The van der Waals surface area contributed by atoms with Crippen LogP contribution in [0, 0.1) is 0 Å². The largest absolute Gasteiger partial charge is 0.507 e. The molecule has 0 saturated heterocycles. The molecule has 0 spiro atoms. The number of carbonyl (C=O) groups is 1. The quantitative estimate of drug-likeness (QED) is 0.362. The molecule has 1 aliphatic heterocycles. The van der Waals surface area contributed by atoms with E-state index in [4.69, 9.17) is 18.6 Å². The standard InChI is InChI=1S/C26H20O7/c1-30-16-7-3-14(4-8-16)18-11-22(28)33-21-12-20(27)24-25(29)19(13-32-26(24)23(18)21)15-5-9-17(31-2)10-6-15/h3-10,12-13,18,27H,11H2,1-2H3/t18-/m1/s1. The zero-order valence-electron chi connectivity index (χ0n) is 18.0. The van der Waals surface area contributed by atoms with Crippen molar-refractivity contribution in [2.45, 2.75) is 12.3 Å². The number of carbonyl (C=O) groups excluding carboxylic acids is 1. The Hall–Kier alpha value is -4.26. The normalized spacial score (nSPS) is 15.1. The van der Waals surface area contributed by atoms with E-state index >= 15 is 0 Å². The summed E-state index contributed by atoms with van der Waals surface area (Å²) in [7, 11) is 3.14. The van der Waals surface area contributed by atoms with Gasteiger partial charge in [-0.2, -0.15) is 0 Å². The number of rotatable bonds is 4. The lowest BCUT2D eigenvalue weighted by Gasteiger charge is -2.26. The second kappa shape index (κ2) is 8.02. The van der Waals surface area contributed by atoms with Crippen LogP contribution in [-0.4, -0.2) is 25.3 Å². The maximum atomic E-state index is 13.4. The van der Waals surface area contributed by atoms with E-state index in [9.17, 15) is 14.7 Å². The van der Waals surface area contributed by atoms with Gasteiger partial charge in [0.1, 0.15) is 40.2 Å². The van der Waals surface area contributed by atoms with E-state index in [1.54, 1.807) is 50.6 Å². The monoisotopic (exact) mass is 444 g/mol. The third-order valence-corrected chi connectivity index (χ3v) is 5.89. The van der Waals surface area contributed by atoms with Crippen LogP contribution in [0.3, 0.4) is 0 Å². The molecule has 2 heterocycles. The van der Waals surface area contributed by atoms with Gasteiger partial charge in [0.2, 0.25) is 5.43 Å². The molecule has 7 nitrogen and oxygen atoms in total. The molecular weight excluding hydrogens is 424 g/mol. The Morgan fingerprint density at radius 2 is 1.58 bits per heavy atom. The minimum Gasteiger partial charge on any atom is -0.507 e. The van der Waals surface area contributed by atoms with Crippen molar-refractivity contribution >= 4 is 16.9 Å². The lowest BCUT2D eigenvalue weighted by atomic mass is 9.85. The van der Waals surface area contributed by atoms with Gasteiger partial charge in [-0.15, -0.1) is 0 Å². The van der Waals surface area contributed by atoms with Crippen molar-refractivity contribution in [3.05, 3.63) is 82.2 Å². The molecule has 0 unspecified atom stereocenters. The van der Waals surface area contributed by atoms with Crippen LogP contribution in [0.15, 0.2) is 70.1 Å². The summed E-state index contributed by atoms with van der Waals surface area (Å²) in [6, 6.07) is 15.6. The second-order valence-corrected chi connectivity index (χ2v) is 7.72. The van der Waals surface area contributed by atoms with E-state index in [2.05, 4.69) is 0 Å². The molecule has 4 aromatic rings. The Labute approximate surface area is 188 Å². The number of hydrogen-bond acceptors (Lipinski definition) is 7. The van der Waals surface area contributed by atoms with Crippen molar-refractivity contribution in [3.8, 4) is 34.1 Å². The molecule has 0 radical (unpaired) electrons. The number of ether oxygens (including phenoxy) is 3. The van der Waals surface area contributed by atoms with Crippen LogP contribution in [0.1, 0.15) is 23.5 Å². The summed E-state index contributed by atoms with van der Waals surface area (Å²) in [5.41, 5.74) is 2.12. The lowest BCUT2D eigenvalue weighted by molar-refractivity contribution is -0.135. The molecule has 0 bridgehead atoms. The summed E-state index contributed by atoms with van der Waals surface area (Å²) in [4.78, 5) is 25.7. The Morgan fingerprint density at radius 3 is 2.21 bits per heavy atom. The minimum atomic E-state index is -0.431. The third-order valence-electron chi connectivity index (χ3n) is 5.89. The number of aromatic hydroxyl groups is 1. The second-order valence-electron chi connectivity index (χ2n) is 7.72. The van der Waals surface area contributed by atoms with Crippen molar-refractivity contribution in [3.63, 3.8) is 0 Å². The highest BCUT2D eigenvalue weighted by Crippen LogP contribution is 2.45. The number of phenols is 1. The Balaban J connectivity index is 1.71. The van der Waals surface area contributed by atoms with E-state index in [0.717, 1.165) is 5.56 Å². The van der Waals surface area contributed by atoms with E-state index in [1.807, 2.05) is 12.1 Å². The number of benzene rings is 3. The molecule has 33 heavy (non-hydrogen) atoms. The average molecular weight is 444 g/mol. The predicted molar refractivity (Wildman–Crippen MR) is 121 cm³/mol. The van der Waals surface area contributed by atoms with Crippen LogP contribution in [0.25, 0.3) is 22.1 Å². The highest BCUT2D eigenvalue weighted by molar-refractivity contribution is 5.94. The molecule has 166 valence electrons. The Kier molecular flexibility index (Phi) is 5.01. The molecule has 1 atom stereocenters. The molecule has 5 rings (SSSR count). The topological polar surface area (TPSA) is 95.2 Å². The van der Waals surface area contributed by atoms with Gasteiger partial charge >= 0.3 is 5.97 Å². The maximum Gasteiger partial charge on any atom is 0.312 e. The summed E-state index contributed by atoms with van der Waals surface area (Å²) >= 11 is 0. The first-order valence-corrected chi connectivity index (χ1v) is 10.3. The Bertz CT molecular complexity index is 1420. The van der Waals surface area contributed by atoms with Gasteiger partial charge in [0.25, 0.3) is 0 Å². The van der Waals surface area contributed by atoms with Crippen molar-refractivity contribution in [1.29, 1.82) is 0 Å². The van der Waals surface area contributed by atoms with Crippen LogP contribution >= 0.6 is 0 Å². The molecule has 0 fully saturated rings. The Morgan fingerprint density at radius 1 is 0.939 bits per heavy atom. The van der Waals surface area contributed by atoms with Gasteiger partial charge in [-0.1, -0.05) is 24.3 Å². The van der Waals surface area contributed by atoms with Crippen molar-refractivity contribution in [2.24, 2.45) is 0 Å². The lowest BCUT2D eigenvalue weighted by Crippen LogP contribution is -2.22. The van der Waals surface area contributed by atoms with Crippen LogP contribution in [-0.2, 0) is 4.79 Å². The van der Waals surface area contributed by atoms with Gasteiger partial charge in [0, 0.05) is 17.5 Å². The van der Waals surface area contributed by atoms with Crippen LogP contribution in [0.2, 0.25) is 0 Å². The molecule has 3 aromatic carbocycles. The first kappa shape index (κ1) is 20.6. The fourth-order valence-electron chi connectivity index (χ4n) is 4.22. The van der Waals surface area contributed by atoms with Crippen molar-refractivity contribution in [1.82, 2.24) is 0 Å². The van der Waals surface area contributed by atoms with E-state index in [-0.39, 0.29) is 34.3 Å². The molecule has 0 aliphatic carbocycles. The van der Waals surface area contributed by atoms with Gasteiger partial charge in [-0.25, -0.2) is 0 Å². The number of phenolic OH excluding ortho intramolecular Hbond substituents is 1. The van der Waals surface area contributed by atoms with E-state index in [1.165, 1.54) is 12.3 Å². The van der Waals surface area contributed by atoms with Crippen molar-refractivity contribution < 1.29 is 28.5 Å². The SMILES string of the molecule is COc1ccc(-c2coc3c4c(cc(O)c3c2=O)OC(=O)C[C@@H]4c2ccc(OC)cc2)cc1. The van der Waals surface area contributed by atoms with Gasteiger partial charge in [0.15, 0.2) is 0 Å². The number of fused-ring (bicyclic) bond motifs is 3. The summed E-state index contributed by atoms with van der Waals surface area (Å²) in [5.74, 6) is 0.367. The van der Waals surface area contributed by atoms with Gasteiger partial charge in [0.05, 0.1) is 26.2 Å². The smallest absolute Gasteiger partial charge is 0.312 e. The molecule has 1 aromatic heterocycles. The molecule has 1 aliphatic rings. The summed E-state index contributed by atoms with van der Waals surface area (Å²) in [6.45, 7) is 0. The summed E-state index contributed by atoms with van der Waals surface area (Å²) in [6.07, 6.45) is 1.44. The zero-order valence-corrected chi connectivity index (χ0v) is 18.0. The van der Waals surface area contributed by atoms with Gasteiger partial charge in [-0.05, 0) is 35.4 Å². The highest BCUT2D eigenvalue weighted by Gasteiger charge is 2.33. The fraction of sp³-hybridized carbons (Fsp3) is 0.154. The van der Waals surface area contributed by atoms with Gasteiger partial charge < -0.3 is 23.7 Å². The number of methoxy groups -OCH3 is 2. The fourth-order valence-corrected chi connectivity index (χ4v) is 4.22. The first-order chi connectivity index (χ1) is 16.0. The molecular formula is C26H20O7. The molecule has 1 N–H and O–H groups in total. The molecule has 7 heteroatoms. The summed E-state index contributed by atoms with van der Waals surface area (Å²) < 4.78 is 21.7. The first-order valence-electron chi connectivity index (χ1n) is 10.3. The number of hydrogen-bond donors (Lipinski definition) is 1. The zero-order chi connectivity index (χ0) is 23.1. The van der Waals surface area contributed by atoms with Crippen LogP contribution in [0.4, 0.5) is 0 Å². The predicted octanol–water partition coefficient (Wildman–Crippen LogP) is 4.62. The van der Waals surface area contributed by atoms with E-state index in [0.29, 0.717) is 28.2 Å². The summed E-state index contributed by atoms with van der Waals surface area (Å²) in [5, 5.41) is 10.7. The van der Waals surface area contributed by atoms with E-state index < -0.39 is 11.9 Å². The molecule has 0 saturated carbocycles. The van der Waals surface area contributed by atoms with Crippen molar-refractivity contribution in [2.75, 3.05) is 14.2 Å². The molecule has 0 amide bonds. The van der Waals surface area contributed by atoms with Crippen LogP contribution in [0.5, 0.6) is 23.0 Å². The number of esters is 1. The highest BCUT2D eigenvalue weighted by atomic mass is 16.5. The average Bonchev–Trinajstić information content (AvgIpc) is 2.83.